The molecule has 0 radical (unpaired) electrons. The maximum absolute atomic E-state index is 6.23. The molecule has 1 heteroatoms. The monoisotopic (exact) mass is 278 g/mol. The Morgan fingerprint density at radius 3 is 1.43 bits per heavy atom. The van der Waals surface area contributed by atoms with Gasteiger partial charge in [0.15, 0.2) is 0 Å². The van der Waals surface area contributed by atoms with Crippen molar-refractivity contribution in [3.8, 4) is 0 Å². The lowest BCUT2D eigenvalue weighted by Crippen LogP contribution is -1.94. The van der Waals surface area contributed by atoms with Crippen LogP contribution in [0.2, 0.25) is 0 Å². The van der Waals surface area contributed by atoms with E-state index in [1.807, 2.05) is 36.4 Å². The summed E-state index contributed by atoms with van der Waals surface area (Å²) in [5, 5.41) is 0. The number of benzene rings is 2. The fourth-order valence-corrected chi connectivity index (χ4v) is 2.13. The SMILES string of the molecule is CCC=C(OC(=CCC)c1ccccc1)c1ccccc1. The molecule has 0 atom stereocenters. The summed E-state index contributed by atoms with van der Waals surface area (Å²) >= 11 is 0. The molecule has 0 spiro atoms. The van der Waals surface area contributed by atoms with Crippen LogP contribution in [-0.4, -0.2) is 0 Å². The summed E-state index contributed by atoms with van der Waals surface area (Å²) in [5.74, 6) is 1.84. The Morgan fingerprint density at radius 1 is 0.714 bits per heavy atom. The van der Waals surface area contributed by atoms with Crippen molar-refractivity contribution in [2.24, 2.45) is 0 Å². The van der Waals surface area contributed by atoms with Crippen LogP contribution >= 0.6 is 0 Å². The maximum atomic E-state index is 6.23. The molecule has 0 aliphatic carbocycles. The standard InChI is InChI=1S/C20H22O/c1-3-11-19(17-13-7-5-8-14-17)21-20(12-4-2)18-15-9-6-10-16-18/h5-16H,3-4H2,1-2H3. The van der Waals surface area contributed by atoms with E-state index in [2.05, 4.69) is 50.3 Å². The largest absolute Gasteiger partial charge is 0.457 e. The molecule has 21 heavy (non-hydrogen) atoms. The molecule has 108 valence electrons. The average molecular weight is 278 g/mol. The molecule has 0 saturated heterocycles. The number of ether oxygens (including phenoxy) is 1. The molecule has 0 fully saturated rings. The van der Waals surface area contributed by atoms with Crippen LogP contribution in [0.4, 0.5) is 0 Å². The third-order valence-electron chi connectivity index (χ3n) is 3.12. The van der Waals surface area contributed by atoms with Crippen molar-refractivity contribution in [2.45, 2.75) is 26.7 Å². The molecule has 0 bridgehead atoms. The molecule has 0 amide bonds. The van der Waals surface area contributed by atoms with Crippen molar-refractivity contribution in [3.05, 3.63) is 83.9 Å². The Hall–Kier alpha value is -2.28. The van der Waals surface area contributed by atoms with Gasteiger partial charge in [-0.1, -0.05) is 74.5 Å². The average Bonchev–Trinajstić information content (AvgIpc) is 2.55. The fraction of sp³-hybridized carbons (Fsp3) is 0.200. The van der Waals surface area contributed by atoms with Crippen LogP contribution in [0.3, 0.4) is 0 Å². The van der Waals surface area contributed by atoms with Gasteiger partial charge in [-0.25, -0.2) is 0 Å². The second-order valence-electron chi connectivity index (χ2n) is 4.79. The highest BCUT2D eigenvalue weighted by molar-refractivity contribution is 5.69. The predicted octanol–water partition coefficient (Wildman–Crippen LogP) is 5.91. The van der Waals surface area contributed by atoms with Crippen molar-refractivity contribution in [3.63, 3.8) is 0 Å². The normalized spacial score (nSPS) is 12.3. The smallest absolute Gasteiger partial charge is 0.130 e. The highest BCUT2D eigenvalue weighted by Crippen LogP contribution is 2.26. The molecular formula is C20H22O. The molecule has 0 aliphatic heterocycles. The van der Waals surface area contributed by atoms with Crippen LogP contribution in [0.15, 0.2) is 72.8 Å². The Bertz CT molecular complexity index is 539. The molecule has 2 aromatic rings. The molecule has 2 aromatic carbocycles. The molecule has 0 saturated carbocycles. The maximum Gasteiger partial charge on any atom is 0.130 e. The molecule has 0 aromatic heterocycles. The van der Waals surface area contributed by atoms with Crippen LogP contribution in [0.25, 0.3) is 11.5 Å². The summed E-state index contributed by atoms with van der Waals surface area (Å²) in [4.78, 5) is 0. The molecular weight excluding hydrogens is 256 g/mol. The van der Waals surface area contributed by atoms with E-state index in [-0.39, 0.29) is 0 Å². The number of allylic oxidation sites excluding steroid dienone is 2. The molecule has 1 nitrogen and oxygen atoms in total. The highest BCUT2D eigenvalue weighted by Gasteiger charge is 2.07. The summed E-state index contributed by atoms with van der Waals surface area (Å²) in [6.07, 6.45) is 6.14. The van der Waals surface area contributed by atoms with Crippen LogP contribution < -0.4 is 0 Å². The van der Waals surface area contributed by atoms with E-state index >= 15 is 0 Å². The van der Waals surface area contributed by atoms with Gasteiger partial charge in [0.25, 0.3) is 0 Å². The number of hydrogen-bond donors (Lipinski definition) is 0. The fourth-order valence-electron chi connectivity index (χ4n) is 2.13. The van der Waals surface area contributed by atoms with Gasteiger partial charge in [0.05, 0.1) is 0 Å². The zero-order valence-corrected chi connectivity index (χ0v) is 12.8. The first kappa shape index (κ1) is 15.1. The van der Waals surface area contributed by atoms with Crippen molar-refractivity contribution in [1.82, 2.24) is 0 Å². The lowest BCUT2D eigenvalue weighted by atomic mass is 10.1. The van der Waals surface area contributed by atoms with Crippen LogP contribution in [0, 0.1) is 0 Å². The topological polar surface area (TPSA) is 9.23 Å². The minimum absolute atomic E-state index is 0.918. The molecule has 0 N–H and O–H groups in total. The van der Waals surface area contributed by atoms with E-state index in [9.17, 15) is 0 Å². The molecule has 2 rings (SSSR count). The van der Waals surface area contributed by atoms with Gasteiger partial charge in [-0.3, -0.25) is 0 Å². The van der Waals surface area contributed by atoms with Gasteiger partial charge in [0.1, 0.15) is 11.5 Å². The van der Waals surface area contributed by atoms with Crippen LogP contribution in [0.1, 0.15) is 37.8 Å². The minimum atomic E-state index is 0.918. The Labute approximate surface area is 127 Å². The van der Waals surface area contributed by atoms with Crippen LogP contribution in [-0.2, 0) is 4.74 Å². The van der Waals surface area contributed by atoms with Crippen LogP contribution in [0.5, 0.6) is 0 Å². The number of hydrogen-bond acceptors (Lipinski definition) is 1. The lowest BCUT2D eigenvalue weighted by molar-refractivity contribution is 0.467. The van der Waals surface area contributed by atoms with Gasteiger partial charge < -0.3 is 4.74 Å². The molecule has 0 aliphatic rings. The van der Waals surface area contributed by atoms with Gasteiger partial charge in [-0.05, 0) is 25.0 Å². The first-order valence-electron chi connectivity index (χ1n) is 7.54. The third kappa shape index (κ3) is 4.35. The molecule has 0 heterocycles. The Morgan fingerprint density at radius 2 is 1.10 bits per heavy atom. The van der Waals surface area contributed by atoms with E-state index in [0.29, 0.717) is 0 Å². The van der Waals surface area contributed by atoms with Gasteiger partial charge in [-0.2, -0.15) is 0 Å². The summed E-state index contributed by atoms with van der Waals surface area (Å²) in [5.41, 5.74) is 2.22. The number of rotatable bonds is 6. The van der Waals surface area contributed by atoms with E-state index in [1.165, 1.54) is 0 Å². The Balaban J connectivity index is 2.30. The minimum Gasteiger partial charge on any atom is -0.457 e. The summed E-state index contributed by atoms with van der Waals surface area (Å²) < 4.78 is 6.23. The quantitative estimate of drug-likeness (QED) is 0.597. The first-order valence-corrected chi connectivity index (χ1v) is 7.54. The first-order chi connectivity index (χ1) is 10.3. The zero-order chi connectivity index (χ0) is 14.9. The van der Waals surface area contributed by atoms with Gasteiger partial charge in [0, 0.05) is 11.1 Å². The molecule has 0 unspecified atom stereocenters. The summed E-state index contributed by atoms with van der Waals surface area (Å²) in [6.45, 7) is 4.25. The summed E-state index contributed by atoms with van der Waals surface area (Å²) in [7, 11) is 0. The van der Waals surface area contributed by atoms with Gasteiger partial charge >= 0.3 is 0 Å². The van der Waals surface area contributed by atoms with Gasteiger partial charge in [-0.15, -0.1) is 0 Å². The highest BCUT2D eigenvalue weighted by atomic mass is 16.5. The van der Waals surface area contributed by atoms with Gasteiger partial charge in [0.2, 0.25) is 0 Å². The van der Waals surface area contributed by atoms with E-state index < -0.39 is 0 Å². The second kappa shape index (κ2) is 8.11. The van der Waals surface area contributed by atoms with Crippen molar-refractivity contribution >= 4 is 11.5 Å². The van der Waals surface area contributed by atoms with Crippen molar-refractivity contribution in [2.75, 3.05) is 0 Å². The van der Waals surface area contributed by atoms with E-state index in [1.54, 1.807) is 0 Å². The Kier molecular flexibility index (Phi) is 5.83. The lowest BCUT2D eigenvalue weighted by Gasteiger charge is -2.14. The second-order valence-corrected chi connectivity index (χ2v) is 4.79. The predicted molar refractivity (Wildman–Crippen MR) is 90.5 cm³/mol. The van der Waals surface area contributed by atoms with E-state index in [4.69, 9.17) is 4.74 Å². The van der Waals surface area contributed by atoms with E-state index in [0.717, 1.165) is 35.5 Å². The van der Waals surface area contributed by atoms with Crippen molar-refractivity contribution < 1.29 is 4.74 Å². The van der Waals surface area contributed by atoms with Crippen molar-refractivity contribution in [1.29, 1.82) is 0 Å². The zero-order valence-electron chi connectivity index (χ0n) is 12.8. The third-order valence-corrected chi connectivity index (χ3v) is 3.12. The summed E-state index contributed by atoms with van der Waals surface area (Å²) in [6, 6.07) is 20.5.